The van der Waals surface area contributed by atoms with Gasteiger partial charge >= 0.3 is 0 Å². The van der Waals surface area contributed by atoms with E-state index >= 15 is 0 Å². The van der Waals surface area contributed by atoms with E-state index in [1.165, 1.54) is 5.39 Å². The molecule has 0 saturated carbocycles. The zero-order valence-electron chi connectivity index (χ0n) is 26.1. The maximum absolute atomic E-state index is 6.59. The van der Waals surface area contributed by atoms with Crippen molar-refractivity contribution in [2.24, 2.45) is 0 Å². The second kappa shape index (κ2) is 11.5. The molecule has 0 amide bonds. The van der Waals surface area contributed by atoms with Gasteiger partial charge in [0.05, 0.1) is 16.8 Å². The molecule has 3 heteroatoms. The van der Waals surface area contributed by atoms with Crippen LogP contribution in [0, 0.1) is 0 Å². The number of fused-ring (bicyclic) bond motifs is 3. The van der Waals surface area contributed by atoms with Crippen molar-refractivity contribution < 1.29 is 4.74 Å². The highest BCUT2D eigenvalue weighted by Gasteiger charge is 2.46. The first-order valence-electron chi connectivity index (χ1n) is 16.3. The van der Waals surface area contributed by atoms with E-state index in [-0.39, 0.29) is 0 Å². The molecule has 8 aromatic rings. The largest absolute Gasteiger partial charge is 0.457 e. The Morgan fingerprint density at radius 1 is 0.417 bits per heavy atom. The normalized spacial score (nSPS) is 12.9. The lowest BCUT2D eigenvalue weighted by atomic mass is 9.62. The Balaban J connectivity index is 1.38. The van der Waals surface area contributed by atoms with Crippen LogP contribution in [0.5, 0.6) is 11.5 Å². The third-order valence-corrected chi connectivity index (χ3v) is 9.44. The van der Waals surface area contributed by atoms with Gasteiger partial charge in [-0.25, -0.2) is 9.97 Å². The van der Waals surface area contributed by atoms with E-state index in [1.807, 2.05) is 30.3 Å². The van der Waals surface area contributed by atoms with E-state index in [4.69, 9.17) is 14.7 Å². The van der Waals surface area contributed by atoms with Gasteiger partial charge in [-0.05, 0) is 40.1 Å². The van der Waals surface area contributed by atoms with Crippen molar-refractivity contribution in [2.45, 2.75) is 5.41 Å². The first kappa shape index (κ1) is 27.9. The molecule has 0 atom stereocenters. The molecule has 9 rings (SSSR count). The number of para-hydroxylation sites is 2. The quantitative estimate of drug-likeness (QED) is 0.193. The van der Waals surface area contributed by atoms with Gasteiger partial charge in [0.15, 0.2) is 5.82 Å². The third-order valence-electron chi connectivity index (χ3n) is 9.44. The molecular weight excluding hydrogens is 585 g/mol. The summed E-state index contributed by atoms with van der Waals surface area (Å²) in [4.78, 5) is 10.5. The summed E-state index contributed by atoms with van der Waals surface area (Å²) in [6.45, 7) is 0. The number of hydrogen-bond acceptors (Lipinski definition) is 3. The van der Waals surface area contributed by atoms with Crippen molar-refractivity contribution in [3.05, 3.63) is 204 Å². The minimum atomic E-state index is -0.680. The summed E-state index contributed by atoms with van der Waals surface area (Å²) >= 11 is 0. The van der Waals surface area contributed by atoms with E-state index in [2.05, 4.69) is 152 Å². The Kier molecular flexibility index (Phi) is 6.69. The number of hydrogen-bond donors (Lipinski definition) is 0. The van der Waals surface area contributed by atoms with E-state index in [0.29, 0.717) is 5.82 Å². The summed E-state index contributed by atoms with van der Waals surface area (Å²) in [6.07, 6.45) is 0. The molecule has 48 heavy (non-hydrogen) atoms. The van der Waals surface area contributed by atoms with Crippen molar-refractivity contribution in [1.29, 1.82) is 0 Å². The summed E-state index contributed by atoms with van der Waals surface area (Å²) < 4.78 is 6.59. The van der Waals surface area contributed by atoms with Gasteiger partial charge in [0, 0.05) is 27.8 Å². The lowest BCUT2D eigenvalue weighted by Gasteiger charge is -2.42. The lowest BCUT2D eigenvalue weighted by Crippen LogP contribution is -2.34. The molecule has 2 heterocycles. The summed E-state index contributed by atoms with van der Waals surface area (Å²) in [5.74, 6) is 2.38. The second-order valence-corrected chi connectivity index (χ2v) is 12.1. The van der Waals surface area contributed by atoms with Crippen LogP contribution in [0.4, 0.5) is 0 Å². The number of benzene rings is 7. The van der Waals surface area contributed by atoms with Crippen molar-refractivity contribution in [3.8, 4) is 45.4 Å². The average Bonchev–Trinajstić information content (AvgIpc) is 3.17. The van der Waals surface area contributed by atoms with Crippen molar-refractivity contribution in [1.82, 2.24) is 9.97 Å². The molecule has 0 spiro atoms. The van der Waals surface area contributed by atoms with Crippen LogP contribution in [-0.4, -0.2) is 9.97 Å². The molecule has 1 aliphatic heterocycles. The lowest BCUT2D eigenvalue weighted by molar-refractivity contribution is 0.434. The van der Waals surface area contributed by atoms with E-state index in [0.717, 1.165) is 67.2 Å². The Bertz CT molecular complexity index is 2380. The minimum Gasteiger partial charge on any atom is -0.457 e. The molecule has 0 unspecified atom stereocenters. The highest BCUT2D eigenvalue weighted by molar-refractivity contribution is 5.96. The van der Waals surface area contributed by atoms with E-state index < -0.39 is 5.41 Å². The van der Waals surface area contributed by atoms with Crippen molar-refractivity contribution in [2.75, 3.05) is 0 Å². The highest BCUT2D eigenvalue weighted by atomic mass is 16.5. The van der Waals surface area contributed by atoms with Gasteiger partial charge < -0.3 is 4.74 Å². The van der Waals surface area contributed by atoms with Crippen LogP contribution >= 0.6 is 0 Å². The summed E-state index contributed by atoms with van der Waals surface area (Å²) in [6, 6.07) is 63.6. The predicted octanol–water partition coefficient (Wildman–Crippen LogP) is 11.1. The maximum atomic E-state index is 6.59. The maximum Gasteiger partial charge on any atom is 0.160 e. The van der Waals surface area contributed by atoms with Crippen LogP contribution in [0.25, 0.3) is 44.7 Å². The van der Waals surface area contributed by atoms with Gasteiger partial charge in [-0.2, -0.15) is 0 Å². The molecule has 0 aliphatic carbocycles. The Morgan fingerprint density at radius 2 is 0.938 bits per heavy atom. The van der Waals surface area contributed by atoms with Crippen LogP contribution in [0.2, 0.25) is 0 Å². The number of nitrogens with zero attached hydrogens (tertiary/aromatic N) is 2. The highest BCUT2D eigenvalue weighted by Crippen LogP contribution is 2.56. The van der Waals surface area contributed by atoms with Crippen LogP contribution in [0.15, 0.2) is 182 Å². The zero-order valence-corrected chi connectivity index (χ0v) is 26.1. The fourth-order valence-corrected chi connectivity index (χ4v) is 7.36. The molecule has 1 aromatic heterocycles. The molecule has 0 saturated heterocycles. The number of ether oxygens (including phenoxy) is 1. The van der Waals surface area contributed by atoms with Crippen LogP contribution in [0.1, 0.15) is 22.3 Å². The molecule has 0 fully saturated rings. The Morgan fingerprint density at radius 3 is 1.67 bits per heavy atom. The Labute approximate surface area is 279 Å². The smallest absolute Gasteiger partial charge is 0.160 e. The molecular formula is C45H30N2O. The summed E-state index contributed by atoms with van der Waals surface area (Å²) in [5, 5.41) is 2.33. The van der Waals surface area contributed by atoms with Crippen LogP contribution < -0.4 is 4.74 Å². The van der Waals surface area contributed by atoms with Gasteiger partial charge in [-0.15, -0.1) is 0 Å². The molecule has 226 valence electrons. The van der Waals surface area contributed by atoms with Crippen LogP contribution in [-0.2, 0) is 5.41 Å². The van der Waals surface area contributed by atoms with Gasteiger partial charge in [0.2, 0.25) is 0 Å². The van der Waals surface area contributed by atoms with E-state index in [9.17, 15) is 0 Å². The van der Waals surface area contributed by atoms with Gasteiger partial charge in [0.25, 0.3) is 0 Å². The van der Waals surface area contributed by atoms with Gasteiger partial charge in [-0.1, -0.05) is 164 Å². The molecule has 3 nitrogen and oxygen atoms in total. The molecule has 7 aromatic carbocycles. The SMILES string of the molecule is c1ccc(-c2nc(-c3ccccc3C3(c4ccccc4)c4ccccc4Oc4ccccc43)cc(-c3cccc4ccccc34)n2)cc1. The van der Waals surface area contributed by atoms with Crippen LogP contribution in [0.3, 0.4) is 0 Å². The summed E-state index contributed by atoms with van der Waals surface area (Å²) in [5.41, 5.74) is 8.61. The topological polar surface area (TPSA) is 35.0 Å². The first-order chi connectivity index (χ1) is 23.8. The molecule has 0 radical (unpaired) electrons. The van der Waals surface area contributed by atoms with E-state index in [1.54, 1.807) is 0 Å². The Hall–Kier alpha value is -6.32. The predicted molar refractivity (Wildman–Crippen MR) is 194 cm³/mol. The zero-order chi connectivity index (χ0) is 31.9. The fraction of sp³-hybridized carbons (Fsp3) is 0.0222. The van der Waals surface area contributed by atoms with Gasteiger partial charge in [0.1, 0.15) is 11.5 Å². The van der Waals surface area contributed by atoms with Gasteiger partial charge in [-0.3, -0.25) is 0 Å². The second-order valence-electron chi connectivity index (χ2n) is 12.1. The monoisotopic (exact) mass is 614 g/mol. The minimum absolute atomic E-state index is 0.680. The number of aromatic nitrogens is 2. The molecule has 0 bridgehead atoms. The number of rotatable bonds is 5. The first-order valence-corrected chi connectivity index (χ1v) is 16.3. The average molecular weight is 615 g/mol. The molecule has 0 N–H and O–H groups in total. The summed E-state index contributed by atoms with van der Waals surface area (Å²) in [7, 11) is 0. The molecule has 1 aliphatic rings. The fourth-order valence-electron chi connectivity index (χ4n) is 7.36. The third kappa shape index (κ3) is 4.44. The van der Waals surface area contributed by atoms with Crippen molar-refractivity contribution >= 4 is 10.8 Å². The van der Waals surface area contributed by atoms with Crippen molar-refractivity contribution in [3.63, 3.8) is 0 Å². The standard InChI is InChI=1S/C45H30N2O/c1-3-17-32(18-4-1)44-46-40(35-24-15-19-31-16-7-8-22-34(31)35)30-41(47-44)36-23-9-10-25-37(36)45(33-20-5-2-6-21-33)38-26-11-13-28-42(38)48-43-29-14-12-27-39(43)45/h1-30H.